The topological polar surface area (TPSA) is 99.9 Å². The molecule has 0 radical (unpaired) electrons. The highest BCUT2D eigenvalue weighted by molar-refractivity contribution is 7.89. The Morgan fingerprint density at radius 2 is 1.11 bits per heavy atom. The molecule has 7 nitrogen and oxygen atoms in total. The molecule has 0 aliphatic rings. The summed E-state index contributed by atoms with van der Waals surface area (Å²) in [4.78, 5) is -1.94. The van der Waals surface area contributed by atoms with Gasteiger partial charge in [0.25, 0.3) is 0 Å². The van der Waals surface area contributed by atoms with Crippen molar-refractivity contribution < 1.29 is 44.6 Å². The lowest BCUT2D eigenvalue weighted by Crippen LogP contribution is -2.30. The van der Waals surface area contributed by atoms with Gasteiger partial charge in [-0.2, -0.15) is 0 Å². The van der Waals surface area contributed by atoms with Gasteiger partial charge in [-0.1, -0.05) is 0 Å². The summed E-state index contributed by atoms with van der Waals surface area (Å²) in [7, 11) is -4.98. The molecule has 0 unspecified atom stereocenters. The van der Waals surface area contributed by atoms with Crippen LogP contribution in [0.25, 0.3) is 0 Å². The summed E-state index contributed by atoms with van der Waals surface area (Å²) in [5.41, 5.74) is 5.21. The van der Waals surface area contributed by atoms with Crippen LogP contribution in [-0.2, 0) is 24.2 Å². The standard InChI is InChI=1S/C14H19F5N2O5S/c15-9-10(16)12(18)14(13(19)11(9)17)27(22,23)21-2-4-25-6-8-26-7-5-24-3-1-20/h21H,1-8,20H2. The molecular formula is C14H19F5N2O5S. The van der Waals surface area contributed by atoms with Gasteiger partial charge in [0.2, 0.25) is 15.8 Å². The number of rotatable bonds is 13. The Morgan fingerprint density at radius 3 is 1.59 bits per heavy atom. The lowest BCUT2D eigenvalue weighted by molar-refractivity contribution is 0.0171. The lowest BCUT2D eigenvalue weighted by atomic mass is 10.3. The quantitative estimate of drug-likeness (QED) is 0.210. The van der Waals surface area contributed by atoms with Gasteiger partial charge < -0.3 is 19.9 Å². The zero-order chi connectivity index (χ0) is 20.4. The van der Waals surface area contributed by atoms with Crippen LogP contribution in [0.1, 0.15) is 0 Å². The highest BCUT2D eigenvalue weighted by Gasteiger charge is 2.33. The summed E-state index contributed by atoms with van der Waals surface area (Å²) in [6.07, 6.45) is 0. The van der Waals surface area contributed by atoms with E-state index in [0.717, 1.165) is 0 Å². The third-order valence-electron chi connectivity index (χ3n) is 2.98. The van der Waals surface area contributed by atoms with E-state index in [2.05, 4.69) is 0 Å². The van der Waals surface area contributed by atoms with Gasteiger partial charge in [-0.25, -0.2) is 35.1 Å². The van der Waals surface area contributed by atoms with Gasteiger partial charge in [0.05, 0.1) is 39.6 Å². The fourth-order valence-electron chi connectivity index (χ4n) is 1.77. The maximum atomic E-state index is 13.5. The van der Waals surface area contributed by atoms with E-state index in [1.807, 2.05) is 0 Å². The second kappa shape index (κ2) is 11.5. The van der Waals surface area contributed by atoms with E-state index in [4.69, 9.17) is 19.9 Å². The lowest BCUT2D eigenvalue weighted by Gasteiger charge is -2.11. The Labute approximate surface area is 152 Å². The fourth-order valence-corrected chi connectivity index (χ4v) is 2.91. The molecule has 1 aromatic carbocycles. The molecule has 1 aromatic rings. The highest BCUT2D eigenvalue weighted by Crippen LogP contribution is 2.26. The van der Waals surface area contributed by atoms with E-state index in [0.29, 0.717) is 26.4 Å². The average Bonchev–Trinajstić information content (AvgIpc) is 2.62. The molecule has 0 heterocycles. The number of nitrogens with one attached hydrogen (secondary N) is 1. The number of hydrogen-bond donors (Lipinski definition) is 2. The molecule has 0 bridgehead atoms. The minimum atomic E-state index is -4.98. The molecule has 0 aliphatic carbocycles. The molecule has 1 rings (SSSR count). The van der Waals surface area contributed by atoms with Gasteiger partial charge >= 0.3 is 0 Å². The molecule has 0 atom stereocenters. The van der Waals surface area contributed by atoms with Crippen molar-refractivity contribution in [2.75, 3.05) is 52.7 Å². The van der Waals surface area contributed by atoms with Gasteiger partial charge in [0, 0.05) is 13.1 Å². The minimum absolute atomic E-state index is 0.0845. The van der Waals surface area contributed by atoms with Crippen molar-refractivity contribution in [1.82, 2.24) is 4.72 Å². The number of hydrogen-bond acceptors (Lipinski definition) is 6. The molecule has 0 saturated carbocycles. The van der Waals surface area contributed by atoms with Gasteiger partial charge in [0.15, 0.2) is 28.2 Å². The average molecular weight is 422 g/mol. The predicted molar refractivity (Wildman–Crippen MR) is 82.9 cm³/mol. The van der Waals surface area contributed by atoms with Crippen LogP contribution in [-0.4, -0.2) is 61.1 Å². The van der Waals surface area contributed by atoms with E-state index >= 15 is 0 Å². The Morgan fingerprint density at radius 1 is 0.704 bits per heavy atom. The monoisotopic (exact) mass is 422 g/mol. The summed E-state index contributed by atoms with van der Waals surface area (Å²) in [6, 6.07) is 0. The first-order chi connectivity index (χ1) is 12.7. The summed E-state index contributed by atoms with van der Waals surface area (Å²) in [6.45, 7) is 1.03. The smallest absolute Gasteiger partial charge is 0.246 e. The summed E-state index contributed by atoms with van der Waals surface area (Å²) < 4.78 is 107. The van der Waals surface area contributed by atoms with Crippen LogP contribution < -0.4 is 10.5 Å². The number of nitrogens with two attached hydrogens (primary N) is 1. The molecular weight excluding hydrogens is 403 g/mol. The van der Waals surface area contributed by atoms with Crippen LogP contribution in [0.5, 0.6) is 0 Å². The van der Waals surface area contributed by atoms with Crippen molar-refractivity contribution in [3.8, 4) is 0 Å². The van der Waals surface area contributed by atoms with Crippen molar-refractivity contribution >= 4 is 10.0 Å². The van der Waals surface area contributed by atoms with Crippen LogP contribution >= 0.6 is 0 Å². The second-order valence-electron chi connectivity index (χ2n) is 4.92. The SMILES string of the molecule is NCCOCCOCCOCCNS(=O)(=O)c1c(F)c(F)c(F)c(F)c1F. The molecule has 0 amide bonds. The second-order valence-corrected chi connectivity index (χ2v) is 6.63. The maximum Gasteiger partial charge on any atom is 0.246 e. The molecule has 0 aliphatic heterocycles. The number of ether oxygens (including phenoxy) is 3. The molecule has 0 aromatic heterocycles. The number of halogens is 5. The highest BCUT2D eigenvalue weighted by atomic mass is 32.2. The van der Waals surface area contributed by atoms with E-state index in [9.17, 15) is 30.4 Å². The van der Waals surface area contributed by atoms with E-state index in [1.165, 1.54) is 0 Å². The van der Waals surface area contributed by atoms with Crippen LogP contribution in [0.2, 0.25) is 0 Å². The molecule has 3 N–H and O–H groups in total. The van der Waals surface area contributed by atoms with Crippen LogP contribution in [0, 0.1) is 29.1 Å². The van der Waals surface area contributed by atoms with Crippen molar-refractivity contribution in [3.05, 3.63) is 29.1 Å². The molecule has 0 saturated heterocycles. The zero-order valence-electron chi connectivity index (χ0n) is 14.1. The molecule has 0 spiro atoms. The zero-order valence-corrected chi connectivity index (χ0v) is 14.9. The maximum absolute atomic E-state index is 13.5. The van der Waals surface area contributed by atoms with Crippen LogP contribution in [0.4, 0.5) is 22.0 Å². The summed E-state index contributed by atoms with van der Waals surface area (Å²) in [5, 5.41) is 0. The predicted octanol–water partition coefficient (Wildman–Crippen LogP) is 0.669. The van der Waals surface area contributed by atoms with Crippen molar-refractivity contribution in [2.24, 2.45) is 5.73 Å². The third kappa shape index (κ3) is 6.93. The summed E-state index contributed by atoms with van der Waals surface area (Å²) in [5.74, 6) is -12.0. The number of benzene rings is 1. The third-order valence-corrected chi connectivity index (χ3v) is 4.46. The number of sulfonamides is 1. The van der Waals surface area contributed by atoms with E-state index in [-0.39, 0.29) is 19.8 Å². The van der Waals surface area contributed by atoms with Gasteiger partial charge in [-0.3, -0.25) is 0 Å². The first-order valence-corrected chi connectivity index (χ1v) is 9.16. The van der Waals surface area contributed by atoms with Crippen molar-refractivity contribution in [2.45, 2.75) is 4.90 Å². The van der Waals surface area contributed by atoms with E-state index in [1.54, 1.807) is 4.72 Å². The first kappa shape index (κ1) is 23.7. The Kier molecular flexibility index (Phi) is 10.0. The molecule has 0 fully saturated rings. The van der Waals surface area contributed by atoms with Crippen molar-refractivity contribution in [1.29, 1.82) is 0 Å². The van der Waals surface area contributed by atoms with E-state index < -0.39 is 50.5 Å². The fraction of sp³-hybridized carbons (Fsp3) is 0.571. The summed E-state index contributed by atoms with van der Waals surface area (Å²) >= 11 is 0. The molecule has 13 heteroatoms. The largest absolute Gasteiger partial charge is 0.378 e. The van der Waals surface area contributed by atoms with Gasteiger partial charge in [-0.15, -0.1) is 0 Å². The van der Waals surface area contributed by atoms with Crippen LogP contribution in [0.15, 0.2) is 4.90 Å². The Hall–Kier alpha value is -1.38. The van der Waals surface area contributed by atoms with Crippen LogP contribution in [0.3, 0.4) is 0 Å². The Bertz CT molecular complexity index is 691. The van der Waals surface area contributed by atoms with Gasteiger partial charge in [0.1, 0.15) is 0 Å². The Balaban J connectivity index is 2.41. The minimum Gasteiger partial charge on any atom is -0.378 e. The molecule has 27 heavy (non-hydrogen) atoms. The van der Waals surface area contributed by atoms with Gasteiger partial charge in [-0.05, 0) is 0 Å². The molecule has 156 valence electrons. The normalized spacial score (nSPS) is 11.9. The van der Waals surface area contributed by atoms with Crippen molar-refractivity contribution in [3.63, 3.8) is 0 Å². The first-order valence-electron chi connectivity index (χ1n) is 7.68.